The first-order valence-electron chi connectivity index (χ1n) is 5.90. The first-order chi connectivity index (χ1) is 8.25. The zero-order valence-electron chi connectivity index (χ0n) is 9.59. The molecule has 1 atom stereocenters. The third-order valence-corrected chi connectivity index (χ3v) is 3.64. The molecule has 0 aliphatic carbocycles. The van der Waals surface area contributed by atoms with Gasteiger partial charge in [0.05, 0.1) is 6.61 Å². The lowest BCUT2D eigenvalue weighted by Crippen LogP contribution is -2.30. The lowest BCUT2D eigenvalue weighted by Gasteiger charge is -2.22. The lowest BCUT2D eigenvalue weighted by molar-refractivity contribution is 0.247. The minimum atomic E-state index is 0.527. The molecular formula is C12H16BrClN2O. The van der Waals surface area contributed by atoms with Gasteiger partial charge in [0.1, 0.15) is 5.02 Å². The SMILES string of the molecule is Clc1cc(Br)cnc1OCCC1CCCNC1. The Morgan fingerprint density at radius 2 is 2.47 bits per heavy atom. The van der Waals surface area contributed by atoms with E-state index in [1.807, 2.05) is 0 Å². The molecule has 1 saturated heterocycles. The highest BCUT2D eigenvalue weighted by Gasteiger charge is 2.13. The Hall–Kier alpha value is -0.320. The van der Waals surface area contributed by atoms with Crippen molar-refractivity contribution in [3.05, 3.63) is 21.8 Å². The standard InChI is InChI=1S/C12H16BrClN2O/c13-10-6-11(14)12(16-8-10)17-5-3-9-2-1-4-15-7-9/h6,8-9,15H,1-5,7H2. The Morgan fingerprint density at radius 1 is 1.59 bits per heavy atom. The normalized spacial score (nSPS) is 20.2. The number of hydrogen-bond donors (Lipinski definition) is 1. The van der Waals surface area contributed by atoms with E-state index in [9.17, 15) is 0 Å². The van der Waals surface area contributed by atoms with Gasteiger partial charge in [0, 0.05) is 10.7 Å². The summed E-state index contributed by atoms with van der Waals surface area (Å²) in [6, 6.07) is 1.80. The van der Waals surface area contributed by atoms with Crippen LogP contribution in [-0.2, 0) is 0 Å². The first kappa shape index (κ1) is 13.1. The first-order valence-corrected chi connectivity index (χ1v) is 7.07. The van der Waals surface area contributed by atoms with E-state index in [0.29, 0.717) is 17.5 Å². The number of nitrogens with one attached hydrogen (secondary N) is 1. The van der Waals surface area contributed by atoms with Crippen LogP contribution in [0.3, 0.4) is 0 Å². The van der Waals surface area contributed by atoms with Gasteiger partial charge in [-0.1, -0.05) is 11.6 Å². The number of halogens is 2. The summed E-state index contributed by atoms with van der Waals surface area (Å²) in [5.74, 6) is 1.25. The topological polar surface area (TPSA) is 34.1 Å². The van der Waals surface area contributed by atoms with E-state index >= 15 is 0 Å². The highest BCUT2D eigenvalue weighted by atomic mass is 79.9. The van der Waals surface area contributed by atoms with Crippen molar-refractivity contribution in [2.75, 3.05) is 19.7 Å². The van der Waals surface area contributed by atoms with E-state index in [1.165, 1.54) is 12.8 Å². The van der Waals surface area contributed by atoms with Crippen LogP contribution in [0.25, 0.3) is 0 Å². The van der Waals surface area contributed by atoms with Gasteiger partial charge >= 0.3 is 0 Å². The van der Waals surface area contributed by atoms with Crippen molar-refractivity contribution >= 4 is 27.5 Å². The molecule has 1 aliphatic rings. The van der Waals surface area contributed by atoms with E-state index in [1.54, 1.807) is 12.3 Å². The summed E-state index contributed by atoms with van der Waals surface area (Å²) >= 11 is 9.34. The van der Waals surface area contributed by atoms with E-state index < -0.39 is 0 Å². The number of rotatable bonds is 4. The second-order valence-electron chi connectivity index (χ2n) is 4.29. The molecule has 2 heterocycles. The van der Waals surface area contributed by atoms with Crippen molar-refractivity contribution in [2.45, 2.75) is 19.3 Å². The summed E-state index contributed by atoms with van der Waals surface area (Å²) in [5, 5.41) is 3.96. The highest BCUT2D eigenvalue weighted by molar-refractivity contribution is 9.10. The molecule has 0 spiro atoms. The fourth-order valence-corrected chi connectivity index (χ4v) is 2.68. The van der Waals surface area contributed by atoms with Crippen LogP contribution in [0.1, 0.15) is 19.3 Å². The van der Waals surface area contributed by atoms with Crippen LogP contribution in [0.5, 0.6) is 5.88 Å². The number of pyridine rings is 1. The predicted molar refractivity (Wildman–Crippen MR) is 72.7 cm³/mol. The fourth-order valence-electron chi connectivity index (χ4n) is 2.00. The Bertz CT molecular complexity index is 370. The average molecular weight is 320 g/mol. The molecule has 0 amide bonds. The molecule has 1 fully saturated rings. The van der Waals surface area contributed by atoms with E-state index in [4.69, 9.17) is 16.3 Å². The molecule has 1 aliphatic heterocycles. The minimum Gasteiger partial charge on any atom is -0.477 e. The van der Waals surface area contributed by atoms with Gasteiger partial charge in [-0.25, -0.2) is 4.98 Å². The van der Waals surface area contributed by atoms with E-state index in [0.717, 1.165) is 29.9 Å². The molecule has 17 heavy (non-hydrogen) atoms. The van der Waals surface area contributed by atoms with Crippen molar-refractivity contribution < 1.29 is 4.74 Å². The number of hydrogen-bond acceptors (Lipinski definition) is 3. The predicted octanol–water partition coefficient (Wildman–Crippen LogP) is 3.27. The molecule has 0 bridgehead atoms. The molecule has 94 valence electrons. The van der Waals surface area contributed by atoms with E-state index in [2.05, 4.69) is 26.2 Å². The summed E-state index contributed by atoms with van der Waals surface area (Å²) in [4.78, 5) is 4.14. The molecule has 0 saturated carbocycles. The summed E-state index contributed by atoms with van der Waals surface area (Å²) in [7, 11) is 0. The summed E-state index contributed by atoms with van der Waals surface area (Å²) in [5.41, 5.74) is 0. The second kappa shape index (κ2) is 6.57. The summed E-state index contributed by atoms with van der Waals surface area (Å²) < 4.78 is 6.47. The number of nitrogens with zero attached hydrogens (tertiary/aromatic N) is 1. The number of ether oxygens (including phenoxy) is 1. The van der Waals surface area contributed by atoms with Crippen LogP contribution in [-0.4, -0.2) is 24.7 Å². The molecule has 3 nitrogen and oxygen atoms in total. The minimum absolute atomic E-state index is 0.527. The largest absolute Gasteiger partial charge is 0.477 e. The molecule has 5 heteroatoms. The quantitative estimate of drug-likeness (QED) is 0.925. The van der Waals surface area contributed by atoms with Crippen LogP contribution in [0.4, 0.5) is 0 Å². The van der Waals surface area contributed by atoms with Crippen LogP contribution < -0.4 is 10.1 Å². The molecular weight excluding hydrogens is 304 g/mol. The second-order valence-corrected chi connectivity index (χ2v) is 5.61. The van der Waals surface area contributed by atoms with Gasteiger partial charge in [0.25, 0.3) is 0 Å². The van der Waals surface area contributed by atoms with Crippen LogP contribution in [0, 0.1) is 5.92 Å². The van der Waals surface area contributed by atoms with Gasteiger partial charge in [-0.2, -0.15) is 0 Å². The molecule has 0 aromatic carbocycles. The number of aromatic nitrogens is 1. The Labute approximate surface area is 115 Å². The van der Waals surface area contributed by atoms with Crippen molar-refractivity contribution in [3.63, 3.8) is 0 Å². The number of piperidine rings is 1. The molecule has 1 N–H and O–H groups in total. The van der Waals surface area contributed by atoms with Crippen molar-refractivity contribution in [2.24, 2.45) is 5.92 Å². The van der Waals surface area contributed by atoms with Crippen molar-refractivity contribution in [1.29, 1.82) is 0 Å². The zero-order chi connectivity index (χ0) is 12.1. The molecule has 1 aromatic rings. The fraction of sp³-hybridized carbons (Fsp3) is 0.583. The zero-order valence-corrected chi connectivity index (χ0v) is 11.9. The van der Waals surface area contributed by atoms with Crippen LogP contribution in [0.15, 0.2) is 16.7 Å². The van der Waals surface area contributed by atoms with E-state index in [-0.39, 0.29) is 0 Å². The average Bonchev–Trinajstić information content (AvgIpc) is 2.33. The monoisotopic (exact) mass is 318 g/mol. The van der Waals surface area contributed by atoms with Crippen LogP contribution in [0.2, 0.25) is 5.02 Å². The maximum atomic E-state index is 6.02. The van der Waals surface area contributed by atoms with Gasteiger partial charge in [0.2, 0.25) is 5.88 Å². The highest BCUT2D eigenvalue weighted by Crippen LogP contribution is 2.25. The van der Waals surface area contributed by atoms with Crippen LogP contribution >= 0.6 is 27.5 Å². The molecule has 0 radical (unpaired) electrons. The van der Waals surface area contributed by atoms with Gasteiger partial charge in [-0.3, -0.25) is 0 Å². The summed E-state index contributed by atoms with van der Waals surface area (Å²) in [6.07, 6.45) is 5.31. The van der Waals surface area contributed by atoms with Crippen molar-refractivity contribution in [3.8, 4) is 5.88 Å². The third kappa shape index (κ3) is 4.12. The molecule has 1 unspecified atom stereocenters. The van der Waals surface area contributed by atoms with Gasteiger partial charge in [0.15, 0.2) is 0 Å². The smallest absolute Gasteiger partial charge is 0.232 e. The molecule has 2 rings (SSSR count). The van der Waals surface area contributed by atoms with Gasteiger partial charge < -0.3 is 10.1 Å². The third-order valence-electron chi connectivity index (χ3n) is 2.94. The van der Waals surface area contributed by atoms with Gasteiger partial charge in [-0.05, 0) is 60.3 Å². The Kier molecular flexibility index (Phi) is 5.07. The maximum absolute atomic E-state index is 6.02. The summed E-state index contributed by atoms with van der Waals surface area (Å²) in [6.45, 7) is 2.93. The lowest BCUT2D eigenvalue weighted by atomic mass is 9.97. The molecule has 1 aromatic heterocycles. The Balaban J connectivity index is 1.77. The van der Waals surface area contributed by atoms with Crippen molar-refractivity contribution in [1.82, 2.24) is 10.3 Å². The Morgan fingerprint density at radius 3 is 3.18 bits per heavy atom. The van der Waals surface area contributed by atoms with Gasteiger partial charge in [-0.15, -0.1) is 0 Å². The maximum Gasteiger partial charge on any atom is 0.232 e.